The number of aromatic nitrogens is 2. The molecule has 0 bridgehead atoms. The molecule has 1 aliphatic heterocycles. The van der Waals surface area contributed by atoms with E-state index in [1.807, 2.05) is 13.8 Å². The van der Waals surface area contributed by atoms with Crippen molar-refractivity contribution < 1.29 is 0 Å². The van der Waals surface area contributed by atoms with Gasteiger partial charge in [-0.15, -0.1) is 0 Å². The van der Waals surface area contributed by atoms with Gasteiger partial charge in [-0.05, 0) is 25.2 Å². The summed E-state index contributed by atoms with van der Waals surface area (Å²) in [6, 6.07) is 0. The van der Waals surface area contributed by atoms with Crippen molar-refractivity contribution in [2.45, 2.75) is 39.0 Å². The van der Waals surface area contributed by atoms with Gasteiger partial charge in [0.25, 0.3) is 5.56 Å². The summed E-state index contributed by atoms with van der Waals surface area (Å²) >= 11 is 0. The molecule has 0 aliphatic carbocycles. The molecule has 2 heterocycles. The summed E-state index contributed by atoms with van der Waals surface area (Å²) in [5, 5.41) is 0. The van der Waals surface area contributed by atoms with Crippen molar-refractivity contribution in [3.63, 3.8) is 0 Å². The second-order valence-electron chi connectivity index (χ2n) is 4.89. The molecule has 0 radical (unpaired) electrons. The third kappa shape index (κ3) is 2.43. The van der Waals surface area contributed by atoms with Crippen LogP contribution in [0.4, 0.5) is 11.8 Å². The van der Waals surface area contributed by atoms with E-state index in [0.717, 1.165) is 25.9 Å². The largest absolute Gasteiger partial charge is 0.383 e. The number of aromatic amines is 1. The van der Waals surface area contributed by atoms with E-state index in [0.29, 0.717) is 17.3 Å². The summed E-state index contributed by atoms with van der Waals surface area (Å²) in [5.41, 5.74) is 6.36. The van der Waals surface area contributed by atoms with E-state index in [2.05, 4.69) is 14.9 Å². The highest BCUT2D eigenvalue weighted by molar-refractivity contribution is 5.45. The Bertz CT molecular complexity index is 446. The lowest BCUT2D eigenvalue weighted by Gasteiger charge is -2.27. The van der Waals surface area contributed by atoms with Crippen LogP contribution in [0.1, 0.15) is 44.6 Å². The highest BCUT2D eigenvalue weighted by Crippen LogP contribution is 2.19. The Hall–Kier alpha value is -1.52. The lowest BCUT2D eigenvalue weighted by molar-refractivity contribution is 0.567. The molecule has 5 nitrogen and oxygen atoms in total. The molecule has 0 amide bonds. The average molecular weight is 236 g/mol. The number of nitrogens with zero attached hydrogens (tertiary/aromatic N) is 2. The van der Waals surface area contributed by atoms with Crippen LogP contribution >= 0.6 is 0 Å². The van der Waals surface area contributed by atoms with E-state index < -0.39 is 0 Å². The van der Waals surface area contributed by atoms with Gasteiger partial charge in [0.15, 0.2) is 0 Å². The Morgan fingerprint density at radius 1 is 1.29 bits per heavy atom. The quantitative estimate of drug-likeness (QED) is 0.815. The fourth-order valence-electron chi connectivity index (χ4n) is 2.30. The summed E-state index contributed by atoms with van der Waals surface area (Å²) in [6.07, 6.45) is 3.55. The summed E-state index contributed by atoms with van der Waals surface area (Å²) in [6.45, 7) is 5.79. The minimum absolute atomic E-state index is 0.0988. The first kappa shape index (κ1) is 12.0. The highest BCUT2D eigenvalue weighted by atomic mass is 16.1. The molecule has 0 spiro atoms. The second-order valence-corrected chi connectivity index (χ2v) is 4.89. The smallest absolute Gasteiger partial charge is 0.257 e. The van der Waals surface area contributed by atoms with E-state index >= 15 is 0 Å². The summed E-state index contributed by atoms with van der Waals surface area (Å²) in [5.74, 6) is 1.09. The first-order valence-corrected chi connectivity index (χ1v) is 6.24. The molecular weight excluding hydrogens is 216 g/mol. The summed E-state index contributed by atoms with van der Waals surface area (Å²) < 4.78 is 0. The minimum Gasteiger partial charge on any atom is -0.383 e. The van der Waals surface area contributed by atoms with Gasteiger partial charge in [0.1, 0.15) is 5.82 Å². The van der Waals surface area contributed by atoms with Gasteiger partial charge in [-0.1, -0.05) is 13.8 Å². The SMILES string of the molecule is CC(C)c1c(N)nc(N2CCCCC2)[nH]c1=O. The van der Waals surface area contributed by atoms with Gasteiger partial charge in [0, 0.05) is 13.1 Å². The molecule has 1 saturated heterocycles. The van der Waals surface area contributed by atoms with Crippen molar-refractivity contribution in [2.24, 2.45) is 0 Å². The first-order chi connectivity index (χ1) is 8.09. The van der Waals surface area contributed by atoms with Gasteiger partial charge in [0.2, 0.25) is 5.95 Å². The lowest BCUT2D eigenvalue weighted by Crippen LogP contribution is -2.33. The zero-order chi connectivity index (χ0) is 12.4. The Kier molecular flexibility index (Phi) is 3.36. The van der Waals surface area contributed by atoms with Crippen LogP contribution in [0.15, 0.2) is 4.79 Å². The number of rotatable bonds is 2. The Morgan fingerprint density at radius 2 is 1.94 bits per heavy atom. The van der Waals surface area contributed by atoms with Gasteiger partial charge in [-0.3, -0.25) is 9.78 Å². The molecule has 3 N–H and O–H groups in total. The van der Waals surface area contributed by atoms with Crippen molar-refractivity contribution in [3.05, 3.63) is 15.9 Å². The van der Waals surface area contributed by atoms with E-state index in [1.165, 1.54) is 6.42 Å². The fourth-order valence-corrected chi connectivity index (χ4v) is 2.30. The van der Waals surface area contributed by atoms with Crippen LogP contribution in [0.2, 0.25) is 0 Å². The average Bonchev–Trinajstić information content (AvgIpc) is 2.28. The molecule has 5 heteroatoms. The standard InChI is InChI=1S/C12H20N4O/c1-8(2)9-10(13)14-12(15-11(9)17)16-6-4-3-5-7-16/h8H,3-7H2,1-2H3,(H3,13,14,15,17). The Morgan fingerprint density at radius 3 is 2.47 bits per heavy atom. The number of nitrogens with one attached hydrogen (secondary N) is 1. The molecule has 0 atom stereocenters. The van der Waals surface area contributed by atoms with Gasteiger partial charge in [-0.2, -0.15) is 4.98 Å². The van der Waals surface area contributed by atoms with Crippen LogP contribution < -0.4 is 16.2 Å². The highest BCUT2D eigenvalue weighted by Gasteiger charge is 2.17. The van der Waals surface area contributed by atoms with E-state index in [1.54, 1.807) is 0 Å². The van der Waals surface area contributed by atoms with Crippen LogP contribution in [0.25, 0.3) is 0 Å². The lowest BCUT2D eigenvalue weighted by atomic mass is 10.1. The molecule has 1 aromatic rings. The van der Waals surface area contributed by atoms with Crippen LogP contribution in [-0.2, 0) is 0 Å². The van der Waals surface area contributed by atoms with Crippen LogP contribution in [0.3, 0.4) is 0 Å². The van der Waals surface area contributed by atoms with Gasteiger partial charge in [0.05, 0.1) is 5.56 Å². The van der Waals surface area contributed by atoms with Crippen molar-refractivity contribution in [2.75, 3.05) is 23.7 Å². The number of hydrogen-bond acceptors (Lipinski definition) is 4. The molecule has 17 heavy (non-hydrogen) atoms. The third-order valence-corrected chi connectivity index (χ3v) is 3.21. The summed E-state index contributed by atoms with van der Waals surface area (Å²) in [4.78, 5) is 21.2. The maximum absolute atomic E-state index is 11.9. The predicted octanol–water partition coefficient (Wildman–Crippen LogP) is 1.47. The number of nitrogens with two attached hydrogens (primary N) is 1. The number of nitrogen functional groups attached to an aromatic ring is 1. The number of piperidine rings is 1. The maximum Gasteiger partial charge on any atom is 0.257 e. The van der Waals surface area contributed by atoms with Crippen molar-refractivity contribution >= 4 is 11.8 Å². The first-order valence-electron chi connectivity index (χ1n) is 6.24. The predicted molar refractivity (Wildman–Crippen MR) is 69.4 cm³/mol. The van der Waals surface area contributed by atoms with Gasteiger partial charge >= 0.3 is 0 Å². The topological polar surface area (TPSA) is 75.0 Å². The summed E-state index contributed by atoms with van der Waals surface area (Å²) in [7, 11) is 0. The Labute approximate surface area is 101 Å². The van der Waals surface area contributed by atoms with Crippen LogP contribution in [0.5, 0.6) is 0 Å². The molecule has 0 saturated carbocycles. The molecule has 0 aromatic carbocycles. The van der Waals surface area contributed by atoms with Crippen molar-refractivity contribution in [1.82, 2.24) is 9.97 Å². The fraction of sp³-hybridized carbons (Fsp3) is 0.667. The van der Waals surface area contributed by atoms with E-state index in [9.17, 15) is 4.79 Å². The van der Waals surface area contributed by atoms with E-state index in [-0.39, 0.29) is 11.5 Å². The van der Waals surface area contributed by atoms with Crippen LogP contribution in [0, 0.1) is 0 Å². The van der Waals surface area contributed by atoms with E-state index in [4.69, 9.17) is 5.73 Å². The molecule has 0 unspecified atom stereocenters. The van der Waals surface area contributed by atoms with Crippen LogP contribution in [-0.4, -0.2) is 23.1 Å². The number of anilines is 2. The maximum atomic E-state index is 11.9. The van der Waals surface area contributed by atoms with Gasteiger partial charge in [-0.25, -0.2) is 0 Å². The molecule has 2 rings (SSSR count). The molecular formula is C12H20N4O. The van der Waals surface area contributed by atoms with Crippen molar-refractivity contribution in [3.8, 4) is 0 Å². The molecule has 1 aromatic heterocycles. The Balaban J connectivity index is 2.34. The third-order valence-electron chi connectivity index (χ3n) is 3.21. The zero-order valence-electron chi connectivity index (χ0n) is 10.5. The molecule has 94 valence electrons. The normalized spacial score (nSPS) is 16.5. The zero-order valence-corrected chi connectivity index (χ0v) is 10.5. The molecule has 1 fully saturated rings. The van der Waals surface area contributed by atoms with Gasteiger partial charge < -0.3 is 10.6 Å². The number of H-pyrrole nitrogens is 1. The number of hydrogen-bond donors (Lipinski definition) is 2. The molecule has 1 aliphatic rings. The minimum atomic E-state index is -0.104. The second kappa shape index (κ2) is 4.77. The monoisotopic (exact) mass is 236 g/mol. The van der Waals surface area contributed by atoms with Crippen molar-refractivity contribution in [1.29, 1.82) is 0 Å².